The zero-order valence-electron chi connectivity index (χ0n) is 14.1. The third-order valence-electron chi connectivity index (χ3n) is 3.53. The highest BCUT2D eigenvalue weighted by atomic mass is 32.2. The first-order chi connectivity index (χ1) is 12.5. The molecule has 0 aliphatic carbocycles. The molecule has 0 atom stereocenters. The van der Waals surface area contributed by atoms with Gasteiger partial charge in [0.25, 0.3) is 0 Å². The summed E-state index contributed by atoms with van der Waals surface area (Å²) in [7, 11) is -0.725. The summed E-state index contributed by atoms with van der Waals surface area (Å²) in [5, 5.41) is 8.66. The second-order valence-corrected chi connectivity index (χ2v) is 7.89. The smallest absolute Gasteiger partial charge is 0.203 e. The maximum absolute atomic E-state index is 12.4. The number of rotatable bonds is 7. The van der Waals surface area contributed by atoms with E-state index in [1.807, 2.05) is 24.3 Å². The molecule has 0 radical (unpaired) electrons. The Morgan fingerprint density at radius 2 is 1.50 bits per heavy atom. The van der Waals surface area contributed by atoms with Crippen molar-refractivity contribution in [3.05, 3.63) is 63.8 Å². The summed E-state index contributed by atoms with van der Waals surface area (Å²) in [5.74, 6) is 1.34. The summed E-state index contributed by atoms with van der Waals surface area (Å²) < 4.78 is 38.6. The average molecular weight is 390 g/mol. The number of sulfonamides is 1. The summed E-state index contributed by atoms with van der Waals surface area (Å²) in [5.41, 5.74) is 1.02. The van der Waals surface area contributed by atoms with Gasteiger partial charge in [-0.25, -0.2) is 8.42 Å². The molecule has 26 heavy (non-hydrogen) atoms. The topological polar surface area (TPSA) is 92.5 Å². The third-order valence-corrected chi connectivity index (χ3v) is 5.74. The Morgan fingerprint density at radius 3 is 2.08 bits per heavy atom. The first kappa shape index (κ1) is 18.2. The van der Waals surface area contributed by atoms with Gasteiger partial charge in [0, 0.05) is 11.6 Å². The molecule has 0 saturated carbocycles. The van der Waals surface area contributed by atoms with Crippen molar-refractivity contribution in [2.75, 3.05) is 14.2 Å². The van der Waals surface area contributed by atoms with E-state index in [0.29, 0.717) is 17.2 Å². The minimum absolute atomic E-state index is 0.0743. The molecule has 7 nitrogen and oxygen atoms in total. The number of benzene rings is 2. The van der Waals surface area contributed by atoms with Gasteiger partial charge < -0.3 is 19.3 Å². The fourth-order valence-corrected chi connectivity index (χ4v) is 4.06. The van der Waals surface area contributed by atoms with Crippen LogP contribution in [0.25, 0.3) is 4.72 Å². The van der Waals surface area contributed by atoms with E-state index in [9.17, 15) is 8.42 Å². The second-order valence-electron chi connectivity index (χ2n) is 5.25. The van der Waals surface area contributed by atoms with E-state index >= 15 is 0 Å². The van der Waals surface area contributed by atoms with E-state index in [4.69, 9.17) is 9.47 Å². The average Bonchev–Trinajstić information content (AvgIpc) is 3.08. The van der Waals surface area contributed by atoms with E-state index in [2.05, 4.69) is 14.9 Å². The minimum atomic E-state index is -3.85. The number of ether oxygens (including phenoxy) is 2. The normalized spacial score (nSPS) is 11.2. The van der Waals surface area contributed by atoms with Crippen molar-refractivity contribution in [1.29, 1.82) is 0 Å². The van der Waals surface area contributed by atoms with E-state index in [0.717, 1.165) is 22.6 Å². The number of methoxy groups -OCH3 is 2. The van der Waals surface area contributed by atoms with Crippen LogP contribution >= 0.6 is 11.3 Å². The maximum atomic E-state index is 12.4. The molecule has 136 valence electrons. The van der Waals surface area contributed by atoms with E-state index in [1.54, 1.807) is 19.2 Å². The molecule has 3 aromatic rings. The van der Waals surface area contributed by atoms with E-state index < -0.39 is 10.0 Å². The van der Waals surface area contributed by atoms with Crippen LogP contribution in [0.1, 0.15) is 10.6 Å². The van der Waals surface area contributed by atoms with Crippen LogP contribution < -0.4 is 9.47 Å². The van der Waals surface area contributed by atoms with Crippen LogP contribution in [0.4, 0.5) is 5.13 Å². The van der Waals surface area contributed by atoms with Crippen LogP contribution in [0.2, 0.25) is 0 Å². The van der Waals surface area contributed by atoms with E-state index in [1.165, 1.54) is 19.2 Å². The Kier molecular flexibility index (Phi) is 5.38. The molecular weight excluding hydrogens is 374 g/mol. The molecule has 9 heteroatoms. The van der Waals surface area contributed by atoms with Gasteiger partial charge in [-0.3, -0.25) is 5.10 Å². The highest BCUT2D eigenvalue weighted by molar-refractivity contribution is 7.94. The fraction of sp³-hybridized carbons (Fsp3) is 0.176. The van der Waals surface area contributed by atoms with Crippen LogP contribution in [-0.4, -0.2) is 32.8 Å². The summed E-state index contributed by atoms with van der Waals surface area (Å²) in [6.45, 7) is 0. The summed E-state index contributed by atoms with van der Waals surface area (Å²) in [6, 6.07) is 13.6. The number of aromatic nitrogens is 2. The van der Waals surface area contributed by atoms with Crippen LogP contribution in [0.3, 0.4) is 0 Å². The van der Waals surface area contributed by atoms with Crippen molar-refractivity contribution in [2.24, 2.45) is 0 Å². The first-order valence-corrected chi connectivity index (χ1v) is 9.83. The largest absolute Gasteiger partial charge is 0.497 e. The van der Waals surface area contributed by atoms with Gasteiger partial charge in [0.2, 0.25) is 10.0 Å². The molecule has 0 aliphatic rings. The van der Waals surface area contributed by atoms with Crippen LogP contribution in [0.5, 0.6) is 11.5 Å². The van der Waals surface area contributed by atoms with Gasteiger partial charge in [0.15, 0.2) is 0 Å². The Bertz CT molecular complexity index is 968. The summed E-state index contributed by atoms with van der Waals surface area (Å²) in [6.07, 6.45) is 0.541. The highest BCUT2D eigenvalue weighted by Gasteiger charge is 2.11. The lowest BCUT2D eigenvalue weighted by Gasteiger charge is -2.11. The molecule has 0 unspecified atom stereocenters. The molecular formula is C17H16N3O4S2-. The minimum Gasteiger partial charge on any atom is -0.497 e. The lowest BCUT2D eigenvalue weighted by molar-refractivity contribution is 0.414. The Hall–Kier alpha value is -2.65. The summed E-state index contributed by atoms with van der Waals surface area (Å²) >= 11 is 1.14. The maximum Gasteiger partial charge on any atom is 0.203 e. The number of nitrogens with zero attached hydrogens (tertiary/aromatic N) is 3. The SMILES string of the molecule is COc1ccc(Cc2nnc([N-]S(=O)(=O)c3ccc(OC)cc3)s2)cc1. The molecule has 1 heterocycles. The van der Waals surface area contributed by atoms with Gasteiger partial charge in [-0.15, -0.1) is 11.3 Å². The molecule has 0 amide bonds. The Labute approximate surface area is 155 Å². The second kappa shape index (κ2) is 7.71. The number of hydrogen-bond acceptors (Lipinski definition) is 7. The number of hydrogen-bond donors (Lipinski definition) is 0. The van der Waals surface area contributed by atoms with Crippen molar-refractivity contribution in [2.45, 2.75) is 11.3 Å². The van der Waals surface area contributed by atoms with Gasteiger partial charge in [-0.1, -0.05) is 12.1 Å². The predicted octanol–water partition coefficient (Wildman–Crippen LogP) is 3.54. The highest BCUT2D eigenvalue weighted by Crippen LogP contribution is 2.31. The molecule has 1 aromatic heterocycles. The fourth-order valence-electron chi connectivity index (χ4n) is 2.17. The van der Waals surface area contributed by atoms with Crippen LogP contribution in [0.15, 0.2) is 53.4 Å². The third kappa shape index (κ3) is 4.30. The van der Waals surface area contributed by atoms with Crippen molar-refractivity contribution in [3.8, 4) is 11.5 Å². The van der Waals surface area contributed by atoms with Gasteiger partial charge in [0.1, 0.15) is 11.5 Å². The lowest BCUT2D eigenvalue weighted by Crippen LogP contribution is -1.97. The molecule has 0 aliphatic heterocycles. The van der Waals surface area contributed by atoms with Crippen LogP contribution in [0, 0.1) is 0 Å². The van der Waals surface area contributed by atoms with Crippen molar-refractivity contribution in [1.82, 2.24) is 10.2 Å². The quantitative estimate of drug-likeness (QED) is 0.613. The van der Waals surface area contributed by atoms with Gasteiger partial charge >= 0.3 is 0 Å². The van der Waals surface area contributed by atoms with Gasteiger partial charge in [-0.05, 0) is 42.0 Å². The zero-order valence-corrected chi connectivity index (χ0v) is 15.8. The molecule has 0 fully saturated rings. The predicted molar refractivity (Wildman–Crippen MR) is 98.9 cm³/mol. The van der Waals surface area contributed by atoms with Gasteiger partial charge in [0.05, 0.1) is 24.1 Å². The monoisotopic (exact) mass is 390 g/mol. The molecule has 2 aromatic carbocycles. The van der Waals surface area contributed by atoms with E-state index in [-0.39, 0.29) is 10.0 Å². The molecule has 3 rings (SSSR count). The van der Waals surface area contributed by atoms with Gasteiger partial charge in [-0.2, -0.15) is 0 Å². The van der Waals surface area contributed by atoms with Crippen molar-refractivity contribution >= 4 is 26.5 Å². The van der Waals surface area contributed by atoms with Crippen molar-refractivity contribution in [3.63, 3.8) is 0 Å². The Balaban J connectivity index is 1.70. The summed E-state index contributed by atoms with van der Waals surface area (Å²) in [4.78, 5) is 0.0743. The standard InChI is InChI=1S/C17H16N3O4S2/c1-23-13-5-3-12(4-6-13)11-16-18-19-17(25-16)20-26(21,22)15-9-7-14(24-2)8-10-15/h3-10H,11H2,1-2H3/q-1. The molecule has 0 spiro atoms. The Morgan fingerprint density at radius 1 is 0.923 bits per heavy atom. The molecule has 0 saturated heterocycles. The first-order valence-electron chi connectivity index (χ1n) is 7.57. The molecule has 0 bridgehead atoms. The molecule has 0 N–H and O–H groups in total. The lowest BCUT2D eigenvalue weighted by atomic mass is 10.1. The zero-order chi connectivity index (χ0) is 18.6. The van der Waals surface area contributed by atoms with Crippen molar-refractivity contribution < 1.29 is 17.9 Å². The van der Waals surface area contributed by atoms with Crippen LogP contribution in [-0.2, 0) is 16.4 Å².